The second kappa shape index (κ2) is 8.12. The molecule has 0 aliphatic heterocycles. The van der Waals surface area contributed by atoms with Crippen LogP contribution in [0.25, 0.3) is 0 Å². The maximum absolute atomic E-state index is 5.47. The normalized spacial score (nSPS) is 12.0. The van der Waals surface area contributed by atoms with Gasteiger partial charge in [-0.2, -0.15) is 0 Å². The van der Waals surface area contributed by atoms with E-state index in [2.05, 4.69) is 13.5 Å². The molecule has 0 aromatic rings. The molecule has 0 heterocycles. The first-order chi connectivity index (χ1) is 5.85. The van der Waals surface area contributed by atoms with E-state index in [9.17, 15) is 0 Å². The minimum Gasteiger partial charge on any atom is -0.494 e. The molecule has 0 fully saturated rings. The topological polar surface area (TPSA) is 9.23 Å². The van der Waals surface area contributed by atoms with Crippen LogP contribution in [0.3, 0.4) is 0 Å². The van der Waals surface area contributed by atoms with E-state index < -0.39 is 0 Å². The van der Waals surface area contributed by atoms with E-state index in [1.165, 1.54) is 0 Å². The average Bonchev–Trinajstić information content (AvgIpc) is 2.06. The van der Waals surface area contributed by atoms with Gasteiger partial charge in [0.05, 0.1) is 6.61 Å². The van der Waals surface area contributed by atoms with E-state index in [0.717, 1.165) is 25.2 Å². The molecule has 0 atom stereocenters. The SMILES string of the molecule is C=C/C=C(\C=C/C)OCCCC. The van der Waals surface area contributed by atoms with Crippen molar-refractivity contribution in [2.24, 2.45) is 0 Å². The fraction of sp³-hybridized carbons (Fsp3) is 0.455. The van der Waals surface area contributed by atoms with Gasteiger partial charge in [0.15, 0.2) is 0 Å². The van der Waals surface area contributed by atoms with Crippen LogP contribution in [0.4, 0.5) is 0 Å². The zero-order valence-electron chi connectivity index (χ0n) is 8.05. The lowest BCUT2D eigenvalue weighted by Crippen LogP contribution is -1.91. The largest absolute Gasteiger partial charge is 0.494 e. The lowest BCUT2D eigenvalue weighted by Gasteiger charge is -2.04. The Morgan fingerprint density at radius 3 is 2.75 bits per heavy atom. The predicted molar refractivity (Wildman–Crippen MR) is 54.0 cm³/mol. The summed E-state index contributed by atoms with van der Waals surface area (Å²) in [5.41, 5.74) is 0. The van der Waals surface area contributed by atoms with Gasteiger partial charge in [-0.1, -0.05) is 32.1 Å². The van der Waals surface area contributed by atoms with Crippen LogP contribution in [0.2, 0.25) is 0 Å². The van der Waals surface area contributed by atoms with Gasteiger partial charge in [0.1, 0.15) is 5.76 Å². The molecule has 0 aromatic carbocycles. The average molecular weight is 166 g/mol. The summed E-state index contributed by atoms with van der Waals surface area (Å²) in [6.45, 7) is 8.53. The van der Waals surface area contributed by atoms with E-state index >= 15 is 0 Å². The number of ether oxygens (including phenoxy) is 1. The van der Waals surface area contributed by atoms with Gasteiger partial charge in [0, 0.05) is 0 Å². The molecule has 1 nitrogen and oxygen atoms in total. The molecule has 12 heavy (non-hydrogen) atoms. The van der Waals surface area contributed by atoms with E-state index in [1.54, 1.807) is 6.08 Å². The van der Waals surface area contributed by atoms with E-state index in [1.807, 2.05) is 25.2 Å². The summed E-state index contributed by atoms with van der Waals surface area (Å²) in [7, 11) is 0. The van der Waals surface area contributed by atoms with Gasteiger partial charge in [0.25, 0.3) is 0 Å². The molecule has 0 aromatic heterocycles. The van der Waals surface area contributed by atoms with Crippen LogP contribution in [0, 0.1) is 0 Å². The first kappa shape index (κ1) is 11.0. The maximum atomic E-state index is 5.47. The molecule has 68 valence electrons. The highest BCUT2D eigenvalue weighted by Crippen LogP contribution is 2.01. The third-order valence-electron chi connectivity index (χ3n) is 1.38. The summed E-state index contributed by atoms with van der Waals surface area (Å²) in [6.07, 6.45) is 9.78. The van der Waals surface area contributed by atoms with Crippen LogP contribution in [-0.4, -0.2) is 6.61 Å². The quantitative estimate of drug-likeness (QED) is 0.333. The molecule has 0 rings (SSSR count). The molecule has 0 amide bonds. The Bertz CT molecular complexity index is 166. The Hall–Kier alpha value is -0.980. The number of allylic oxidation sites excluding steroid dienone is 4. The molecule has 0 unspecified atom stereocenters. The fourth-order valence-electron chi connectivity index (χ4n) is 0.767. The summed E-state index contributed by atoms with van der Waals surface area (Å²) in [5, 5.41) is 0. The van der Waals surface area contributed by atoms with Crippen molar-refractivity contribution in [3.63, 3.8) is 0 Å². The second-order valence-electron chi connectivity index (χ2n) is 2.51. The molecule has 1 heteroatoms. The number of hydrogen-bond donors (Lipinski definition) is 0. The lowest BCUT2D eigenvalue weighted by molar-refractivity contribution is 0.219. The smallest absolute Gasteiger partial charge is 0.118 e. The second-order valence-corrected chi connectivity index (χ2v) is 2.51. The molecule has 0 saturated heterocycles. The highest BCUT2D eigenvalue weighted by Gasteiger charge is 1.89. The standard InChI is InChI=1S/C11H18O/c1-4-7-10-12-11(8-5-2)9-6-3/h5-6,8-9H,2,4,7,10H2,1,3H3/b9-6-,11-8+. The van der Waals surface area contributed by atoms with Crippen molar-refractivity contribution >= 4 is 0 Å². The minimum absolute atomic E-state index is 0.792. The van der Waals surface area contributed by atoms with Crippen molar-refractivity contribution in [3.8, 4) is 0 Å². The van der Waals surface area contributed by atoms with Gasteiger partial charge >= 0.3 is 0 Å². The van der Waals surface area contributed by atoms with Gasteiger partial charge in [-0.05, 0) is 25.5 Å². The molecule has 0 aliphatic rings. The molecular formula is C11H18O. The van der Waals surface area contributed by atoms with Gasteiger partial charge in [-0.3, -0.25) is 0 Å². The van der Waals surface area contributed by atoms with Crippen molar-refractivity contribution in [1.82, 2.24) is 0 Å². The molecule has 0 bridgehead atoms. The third kappa shape index (κ3) is 5.78. The summed E-state index contributed by atoms with van der Waals surface area (Å²) >= 11 is 0. The number of hydrogen-bond acceptors (Lipinski definition) is 1. The first-order valence-corrected chi connectivity index (χ1v) is 4.43. The fourth-order valence-corrected chi connectivity index (χ4v) is 0.767. The van der Waals surface area contributed by atoms with Crippen molar-refractivity contribution in [1.29, 1.82) is 0 Å². The van der Waals surface area contributed by atoms with Gasteiger partial charge in [-0.15, -0.1) is 0 Å². The van der Waals surface area contributed by atoms with E-state index in [0.29, 0.717) is 0 Å². The lowest BCUT2D eigenvalue weighted by atomic mass is 10.3. The monoisotopic (exact) mass is 166 g/mol. The van der Waals surface area contributed by atoms with Crippen LogP contribution in [0.5, 0.6) is 0 Å². The Morgan fingerprint density at radius 1 is 1.50 bits per heavy atom. The highest BCUT2D eigenvalue weighted by atomic mass is 16.5. The molecule has 0 aliphatic carbocycles. The predicted octanol–water partition coefficient (Wildman–Crippen LogP) is 3.45. The van der Waals surface area contributed by atoms with E-state index in [-0.39, 0.29) is 0 Å². The Kier molecular flexibility index (Phi) is 7.46. The van der Waals surface area contributed by atoms with Gasteiger partial charge in [0.2, 0.25) is 0 Å². The van der Waals surface area contributed by atoms with Crippen LogP contribution >= 0.6 is 0 Å². The van der Waals surface area contributed by atoms with Crippen molar-refractivity contribution in [2.45, 2.75) is 26.7 Å². The van der Waals surface area contributed by atoms with Gasteiger partial charge in [-0.25, -0.2) is 0 Å². The molecule has 0 saturated carbocycles. The Labute approximate surface area is 75.4 Å². The zero-order valence-corrected chi connectivity index (χ0v) is 8.05. The molecule has 0 N–H and O–H groups in total. The van der Waals surface area contributed by atoms with Crippen molar-refractivity contribution in [3.05, 3.63) is 36.6 Å². The third-order valence-corrected chi connectivity index (χ3v) is 1.38. The van der Waals surface area contributed by atoms with Crippen LogP contribution in [-0.2, 0) is 4.74 Å². The van der Waals surface area contributed by atoms with Crippen molar-refractivity contribution < 1.29 is 4.74 Å². The number of unbranched alkanes of at least 4 members (excludes halogenated alkanes) is 1. The summed E-state index contributed by atoms with van der Waals surface area (Å²) < 4.78 is 5.47. The summed E-state index contributed by atoms with van der Waals surface area (Å²) in [5.74, 6) is 0.890. The maximum Gasteiger partial charge on any atom is 0.118 e. The number of rotatable bonds is 6. The Morgan fingerprint density at radius 2 is 2.25 bits per heavy atom. The summed E-state index contributed by atoms with van der Waals surface area (Å²) in [6, 6.07) is 0. The summed E-state index contributed by atoms with van der Waals surface area (Å²) in [4.78, 5) is 0. The van der Waals surface area contributed by atoms with Crippen LogP contribution in [0.15, 0.2) is 36.6 Å². The first-order valence-electron chi connectivity index (χ1n) is 4.43. The molecule has 0 radical (unpaired) electrons. The van der Waals surface area contributed by atoms with Crippen LogP contribution in [0.1, 0.15) is 26.7 Å². The van der Waals surface area contributed by atoms with Gasteiger partial charge < -0.3 is 4.74 Å². The highest BCUT2D eigenvalue weighted by molar-refractivity contribution is 5.16. The zero-order chi connectivity index (χ0) is 9.23. The molecule has 0 spiro atoms. The van der Waals surface area contributed by atoms with E-state index in [4.69, 9.17) is 4.74 Å². The minimum atomic E-state index is 0.792. The Balaban J connectivity index is 3.79. The van der Waals surface area contributed by atoms with Crippen LogP contribution < -0.4 is 0 Å². The molecular weight excluding hydrogens is 148 g/mol. The van der Waals surface area contributed by atoms with Crippen molar-refractivity contribution in [2.75, 3.05) is 6.61 Å².